The van der Waals surface area contributed by atoms with Crippen LogP contribution in [-0.2, 0) is 6.54 Å². The summed E-state index contributed by atoms with van der Waals surface area (Å²) in [7, 11) is 3.93. The molecule has 0 amide bonds. The van der Waals surface area contributed by atoms with E-state index in [1.54, 1.807) is 0 Å². The summed E-state index contributed by atoms with van der Waals surface area (Å²) in [4.78, 5) is 0. The van der Waals surface area contributed by atoms with Gasteiger partial charge in [0.2, 0.25) is 0 Å². The van der Waals surface area contributed by atoms with Gasteiger partial charge in [0.05, 0.1) is 4.47 Å². The second kappa shape index (κ2) is 5.03. The first-order valence-corrected chi connectivity index (χ1v) is 5.95. The van der Waals surface area contributed by atoms with Crippen molar-refractivity contribution in [1.82, 2.24) is 10.4 Å². The van der Waals surface area contributed by atoms with E-state index in [0.717, 1.165) is 28.1 Å². The van der Waals surface area contributed by atoms with Crippen LogP contribution in [0.2, 0.25) is 0 Å². The lowest BCUT2D eigenvalue weighted by Crippen LogP contribution is -2.29. The minimum absolute atomic E-state index is 0.612. The maximum absolute atomic E-state index is 5.56. The number of hydrogen-bond donors (Lipinski definition) is 1. The van der Waals surface area contributed by atoms with E-state index in [1.807, 2.05) is 31.2 Å². The number of ether oxygens (including phenoxy) is 2. The fraction of sp³-hybridized carbons (Fsp3) is 0.455. The van der Waals surface area contributed by atoms with E-state index in [0.29, 0.717) is 13.2 Å². The lowest BCUT2D eigenvalue weighted by atomic mass is 10.2. The molecule has 1 heterocycles. The minimum atomic E-state index is 0.612. The van der Waals surface area contributed by atoms with Crippen LogP contribution in [-0.4, -0.2) is 32.3 Å². The molecule has 0 atom stereocenters. The number of fused-ring (bicyclic) bond motifs is 1. The van der Waals surface area contributed by atoms with Crippen LogP contribution in [0.3, 0.4) is 0 Å². The predicted molar refractivity (Wildman–Crippen MR) is 65.7 cm³/mol. The van der Waals surface area contributed by atoms with Crippen LogP contribution in [0.1, 0.15) is 5.56 Å². The number of rotatable bonds is 3. The van der Waals surface area contributed by atoms with Gasteiger partial charge in [0.15, 0.2) is 11.5 Å². The number of benzene rings is 1. The Balaban J connectivity index is 2.18. The van der Waals surface area contributed by atoms with Gasteiger partial charge in [-0.25, -0.2) is 0 Å². The maximum atomic E-state index is 5.56. The van der Waals surface area contributed by atoms with Crippen LogP contribution in [0.15, 0.2) is 16.6 Å². The molecule has 4 nitrogen and oxygen atoms in total. The fourth-order valence-corrected chi connectivity index (χ4v) is 2.12. The summed E-state index contributed by atoms with van der Waals surface area (Å²) in [6, 6.07) is 4.06. The van der Waals surface area contributed by atoms with Crippen molar-refractivity contribution in [1.29, 1.82) is 0 Å². The van der Waals surface area contributed by atoms with Crippen molar-refractivity contribution in [2.24, 2.45) is 0 Å². The average Bonchev–Trinajstić information content (AvgIpc) is 2.26. The molecule has 88 valence electrons. The molecule has 0 unspecified atom stereocenters. The molecular formula is C11H15BrN2O2. The summed E-state index contributed by atoms with van der Waals surface area (Å²) < 4.78 is 12.0. The zero-order valence-corrected chi connectivity index (χ0v) is 11.0. The first kappa shape index (κ1) is 11.7. The summed E-state index contributed by atoms with van der Waals surface area (Å²) in [6.07, 6.45) is 0. The molecule has 0 aromatic heterocycles. The Morgan fingerprint density at radius 2 is 2.06 bits per heavy atom. The van der Waals surface area contributed by atoms with Gasteiger partial charge in [0.25, 0.3) is 0 Å². The van der Waals surface area contributed by atoms with Crippen molar-refractivity contribution in [3.05, 3.63) is 22.2 Å². The van der Waals surface area contributed by atoms with Gasteiger partial charge in [-0.2, -0.15) is 0 Å². The van der Waals surface area contributed by atoms with Gasteiger partial charge >= 0.3 is 0 Å². The van der Waals surface area contributed by atoms with Crippen LogP contribution in [0.5, 0.6) is 11.5 Å². The quantitative estimate of drug-likeness (QED) is 0.859. The normalized spacial score (nSPS) is 14.2. The predicted octanol–water partition coefficient (Wildman–Crippen LogP) is 1.79. The van der Waals surface area contributed by atoms with E-state index in [4.69, 9.17) is 9.47 Å². The monoisotopic (exact) mass is 286 g/mol. The lowest BCUT2D eigenvalue weighted by molar-refractivity contribution is 0.170. The van der Waals surface area contributed by atoms with Gasteiger partial charge in [-0.05, 0) is 33.6 Å². The van der Waals surface area contributed by atoms with E-state index >= 15 is 0 Å². The SMILES string of the molecule is CN(C)NCc1cc(Br)c2c(c1)OCCO2. The largest absolute Gasteiger partial charge is 0.486 e. The molecule has 0 fully saturated rings. The summed E-state index contributed by atoms with van der Waals surface area (Å²) >= 11 is 3.49. The van der Waals surface area contributed by atoms with E-state index in [9.17, 15) is 0 Å². The molecule has 1 N–H and O–H groups in total. The molecule has 0 radical (unpaired) electrons. The van der Waals surface area contributed by atoms with Crippen molar-refractivity contribution in [2.45, 2.75) is 6.54 Å². The highest BCUT2D eigenvalue weighted by atomic mass is 79.9. The van der Waals surface area contributed by atoms with Gasteiger partial charge in [-0.15, -0.1) is 0 Å². The Morgan fingerprint density at radius 3 is 2.81 bits per heavy atom. The van der Waals surface area contributed by atoms with Gasteiger partial charge < -0.3 is 9.47 Å². The molecule has 16 heavy (non-hydrogen) atoms. The summed E-state index contributed by atoms with van der Waals surface area (Å²) in [5, 5.41) is 1.92. The van der Waals surface area contributed by atoms with E-state index in [1.165, 1.54) is 0 Å². The van der Waals surface area contributed by atoms with Gasteiger partial charge in [-0.1, -0.05) is 0 Å². The molecule has 0 aliphatic carbocycles. The third-order valence-electron chi connectivity index (χ3n) is 2.26. The Morgan fingerprint density at radius 1 is 1.31 bits per heavy atom. The second-order valence-electron chi connectivity index (χ2n) is 3.83. The lowest BCUT2D eigenvalue weighted by Gasteiger charge is -2.21. The molecule has 0 saturated heterocycles. The Hall–Kier alpha value is -0.780. The molecule has 1 aliphatic rings. The Kier molecular flexibility index (Phi) is 3.68. The average molecular weight is 287 g/mol. The van der Waals surface area contributed by atoms with Gasteiger partial charge in [0.1, 0.15) is 13.2 Å². The summed E-state index contributed by atoms with van der Waals surface area (Å²) in [6.45, 7) is 1.99. The molecule has 0 bridgehead atoms. The zero-order chi connectivity index (χ0) is 11.5. The molecule has 1 aromatic rings. The third kappa shape index (κ3) is 2.66. The molecule has 1 aliphatic heterocycles. The Labute approximate surface area is 104 Å². The highest BCUT2D eigenvalue weighted by molar-refractivity contribution is 9.10. The number of halogens is 1. The van der Waals surface area contributed by atoms with E-state index in [2.05, 4.69) is 21.4 Å². The van der Waals surface area contributed by atoms with Crippen molar-refractivity contribution in [2.75, 3.05) is 27.3 Å². The smallest absolute Gasteiger partial charge is 0.175 e. The van der Waals surface area contributed by atoms with Crippen molar-refractivity contribution >= 4 is 15.9 Å². The molecule has 5 heteroatoms. The molecule has 0 spiro atoms. The number of hydrazine groups is 1. The number of nitrogens with one attached hydrogen (secondary N) is 1. The first-order chi connectivity index (χ1) is 7.66. The summed E-state index contributed by atoms with van der Waals surface area (Å²) in [5.74, 6) is 1.62. The maximum Gasteiger partial charge on any atom is 0.175 e. The second-order valence-corrected chi connectivity index (χ2v) is 4.69. The van der Waals surface area contributed by atoms with Crippen molar-refractivity contribution in [3.8, 4) is 11.5 Å². The molecular weight excluding hydrogens is 272 g/mol. The van der Waals surface area contributed by atoms with Crippen LogP contribution in [0.4, 0.5) is 0 Å². The van der Waals surface area contributed by atoms with Gasteiger partial charge in [-0.3, -0.25) is 10.4 Å². The molecule has 2 rings (SSSR count). The topological polar surface area (TPSA) is 33.7 Å². The molecule has 0 saturated carbocycles. The fourth-order valence-electron chi connectivity index (χ4n) is 1.52. The zero-order valence-electron chi connectivity index (χ0n) is 9.42. The van der Waals surface area contributed by atoms with Crippen LogP contribution in [0, 0.1) is 0 Å². The van der Waals surface area contributed by atoms with Crippen LogP contribution in [0.25, 0.3) is 0 Å². The van der Waals surface area contributed by atoms with Crippen LogP contribution < -0.4 is 14.9 Å². The highest BCUT2D eigenvalue weighted by Crippen LogP contribution is 2.38. The Bertz CT molecular complexity index is 382. The summed E-state index contributed by atoms with van der Waals surface area (Å²) in [5.41, 5.74) is 4.37. The van der Waals surface area contributed by atoms with E-state index in [-0.39, 0.29) is 0 Å². The van der Waals surface area contributed by atoms with Crippen molar-refractivity contribution < 1.29 is 9.47 Å². The number of hydrogen-bond acceptors (Lipinski definition) is 4. The van der Waals surface area contributed by atoms with E-state index < -0.39 is 0 Å². The minimum Gasteiger partial charge on any atom is -0.486 e. The van der Waals surface area contributed by atoms with Gasteiger partial charge in [0, 0.05) is 20.6 Å². The van der Waals surface area contributed by atoms with Crippen molar-refractivity contribution in [3.63, 3.8) is 0 Å². The molecule has 1 aromatic carbocycles. The first-order valence-electron chi connectivity index (χ1n) is 5.15. The highest BCUT2D eigenvalue weighted by Gasteiger charge is 2.16. The van der Waals surface area contributed by atoms with Crippen LogP contribution >= 0.6 is 15.9 Å². The third-order valence-corrected chi connectivity index (χ3v) is 2.85. The number of nitrogens with zero attached hydrogens (tertiary/aromatic N) is 1. The standard InChI is InChI=1S/C11H15BrN2O2/c1-14(2)13-7-8-5-9(12)11-10(6-8)15-3-4-16-11/h5-6,13H,3-4,7H2,1-2H3.